The molecule has 2 rings (SSSR count). The van der Waals surface area contributed by atoms with Crippen molar-refractivity contribution in [1.82, 2.24) is 4.98 Å². The summed E-state index contributed by atoms with van der Waals surface area (Å²) in [4.78, 5) is 3.45. The lowest BCUT2D eigenvalue weighted by Crippen LogP contribution is -2.04. The van der Waals surface area contributed by atoms with Gasteiger partial charge >= 0.3 is 6.18 Å². The second kappa shape index (κ2) is 4.36. The molecular formula is C12H6F5N. The molecule has 1 nitrogen and oxygen atoms in total. The fourth-order valence-electron chi connectivity index (χ4n) is 1.47. The number of aromatic nitrogens is 1. The third-order valence-electron chi connectivity index (χ3n) is 2.27. The summed E-state index contributed by atoms with van der Waals surface area (Å²) >= 11 is 0. The maximum atomic E-state index is 13.4. The van der Waals surface area contributed by atoms with Gasteiger partial charge in [-0.05, 0) is 12.1 Å². The monoisotopic (exact) mass is 259 g/mol. The lowest BCUT2D eigenvalue weighted by molar-refractivity contribution is -0.137. The smallest absolute Gasteiger partial charge is 0.250 e. The van der Waals surface area contributed by atoms with Crippen molar-refractivity contribution < 1.29 is 22.0 Å². The number of benzene rings is 1. The average molecular weight is 259 g/mol. The molecule has 0 atom stereocenters. The third-order valence-corrected chi connectivity index (χ3v) is 2.27. The molecule has 94 valence electrons. The van der Waals surface area contributed by atoms with Crippen molar-refractivity contribution in [2.24, 2.45) is 0 Å². The summed E-state index contributed by atoms with van der Waals surface area (Å²) in [5.74, 6) is -1.89. The van der Waals surface area contributed by atoms with Gasteiger partial charge in [0.15, 0.2) is 5.82 Å². The lowest BCUT2D eigenvalue weighted by Gasteiger charge is -2.08. The maximum Gasteiger partial charge on any atom is 0.416 e. The van der Waals surface area contributed by atoms with Crippen LogP contribution in [-0.2, 0) is 6.18 Å². The first-order chi connectivity index (χ1) is 8.38. The van der Waals surface area contributed by atoms with E-state index in [1.165, 1.54) is 6.07 Å². The van der Waals surface area contributed by atoms with Gasteiger partial charge in [0.25, 0.3) is 0 Å². The van der Waals surface area contributed by atoms with Crippen LogP contribution in [0.1, 0.15) is 5.56 Å². The zero-order valence-corrected chi connectivity index (χ0v) is 8.80. The summed E-state index contributed by atoms with van der Waals surface area (Å²) in [5, 5.41) is 0. The summed E-state index contributed by atoms with van der Waals surface area (Å²) in [6.07, 6.45) is -3.77. The minimum Gasteiger partial charge on any atom is -0.250 e. The standard InChI is InChI=1S/C12H6F5N/c13-9-5-10(14)11(18-6-9)7-2-1-3-8(4-7)12(15,16)17/h1-6H. The second-order valence-corrected chi connectivity index (χ2v) is 3.56. The quantitative estimate of drug-likeness (QED) is 0.704. The van der Waals surface area contributed by atoms with E-state index in [1.54, 1.807) is 0 Å². The Hall–Kier alpha value is -1.98. The minimum atomic E-state index is -4.52. The molecule has 0 unspecified atom stereocenters. The average Bonchev–Trinajstić information content (AvgIpc) is 2.28. The number of halogens is 5. The molecule has 0 aliphatic rings. The van der Waals surface area contributed by atoms with E-state index in [0.717, 1.165) is 24.4 Å². The molecule has 0 aliphatic heterocycles. The van der Waals surface area contributed by atoms with E-state index in [-0.39, 0.29) is 11.3 Å². The molecule has 1 aromatic heterocycles. The molecule has 0 aliphatic carbocycles. The Bertz CT molecular complexity index is 577. The van der Waals surface area contributed by atoms with Crippen LogP contribution >= 0.6 is 0 Å². The summed E-state index contributed by atoms with van der Waals surface area (Å²) in [6.45, 7) is 0. The Morgan fingerprint density at radius 3 is 2.33 bits per heavy atom. The normalized spacial score (nSPS) is 11.6. The molecule has 0 amide bonds. The van der Waals surface area contributed by atoms with Gasteiger partial charge in [0, 0.05) is 11.6 Å². The van der Waals surface area contributed by atoms with Crippen LogP contribution < -0.4 is 0 Å². The molecule has 0 fully saturated rings. The zero-order chi connectivity index (χ0) is 13.3. The molecule has 0 saturated carbocycles. The predicted octanol–water partition coefficient (Wildman–Crippen LogP) is 4.05. The van der Waals surface area contributed by atoms with Gasteiger partial charge in [0.1, 0.15) is 11.5 Å². The molecule has 18 heavy (non-hydrogen) atoms. The van der Waals surface area contributed by atoms with E-state index >= 15 is 0 Å². The third kappa shape index (κ3) is 2.47. The number of hydrogen-bond acceptors (Lipinski definition) is 1. The lowest BCUT2D eigenvalue weighted by atomic mass is 10.1. The van der Waals surface area contributed by atoms with Crippen molar-refractivity contribution in [3.8, 4) is 11.3 Å². The van der Waals surface area contributed by atoms with Crippen LogP contribution in [0.25, 0.3) is 11.3 Å². The highest BCUT2D eigenvalue weighted by Gasteiger charge is 2.30. The Labute approximate surface area is 98.9 Å². The molecule has 0 bridgehead atoms. The Balaban J connectivity index is 2.51. The van der Waals surface area contributed by atoms with Crippen molar-refractivity contribution in [3.05, 3.63) is 53.7 Å². The van der Waals surface area contributed by atoms with E-state index in [4.69, 9.17) is 0 Å². The number of alkyl halides is 3. The van der Waals surface area contributed by atoms with Crippen molar-refractivity contribution in [2.45, 2.75) is 6.18 Å². The Morgan fingerprint density at radius 1 is 1.00 bits per heavy atom. The highest BCUT2D eigenvalue weighted by atomic mass is 19.4. The van der Waals surface area contributed by atoms with Crippen LogP contribution in [0.3, 0.4) is 0 Å². The van der Waals surface area contributed by atoms with Crippen molar-refractivity contribution >= 4 is 0 Å². The molecule has 1 aromatic carbocycles. The van der Waals surface area contributed by atoms with Gasteiger partial charge in [-0.3, -0.25) is 4.98 Å². The maximum absolute atomic E-state index is 13.4. The largest absolute Gasteiger partial charge is 0.416 e. The zero-order valence-electron chi connectivity index (χ0n) is 8.80. The summed E-state index contributed by atoms with van der Waals surface area (Å²) in [5.41, 5.74) is -1.28. The summed E-state index contributed by atoms with van der Waals surface area (Å²) < 4.78 is 63.5. The van der Waals surface area contributed by atoms with Gasteiger partial charge < -0.3 is 0 Å². The van der Waals surface area contributed by atoms with E-state index in [2.05, 4.69) is 4.98 Å². The van der Waals surface area contributed by atoms with E-state index in [9.17, 15) is 22.0 Å². The van der Waals surface area contributed by atoms with Gasteiger partial charge in [-0.2, -0.15) is 13.2 Å². The Kier molecular flexibility index (Phi) is 3.02. The molecule has 0 spiro atoms. The molecule has 0 radical (unpaired) electrons. The first-order valence-corrected chi connectivity index (χ1v) is 4.86. The summed E-state index contributed by atoms with van der Waals surface area (Å²) in [6, 6.07) is 4.62. The van der Waals surface area contributed by atoms with Crippen LogP contribution in [0.15, 0.2) is 36.5 Å². The summed E-state index contributed by atoms with van der Waals surface area (Å²) in [7, 11) is 0. The van der Waals surface area contributed by atoms with E-state index < -0.39 is 23.4 Å². The van der Waals surface area contributed by atoms with Gasteiger partial charge in [0.05, 0.1) is 11.8 Å². The van der Waals surface area contributed by atoms with Crippen molar-refractivity contribution in [2.75, 3.05) is 0 Å². The fraction of sp³-hybridized carbons (Fsp3) is 0.0833. The van der Waals surface area contributed by atoms with E-state index in [0.29, 0.717) is 6.07 Å². The first-order valence-electron chi connectivity index (χ1n) is 4.86. The number of pyridine rings is 1. The molecule has 0 saturated heterocycles. The van der Waals surface area contributed by atoms with Crippen LogP contribution in [0.4, 0.5) is 22.0 Å². The van der Waals surface area contributed by atoms with Gasteiger partial charge in [-0.1, -0.05) is 12.1 Å². The highest BCUT2D eigenvalue weighted by molar-refractivity contribution is 5.60. The van der Waals surface area contributed by atoms with Gasteiger partial charge in [0.2, 0.25) is 0 Å². The van der Waals surface area contributed by atoms with Crippen molar-refractivity contribution in [3.63, 3.8) is 0 Å². The van der Waals surface area contributed by atoms with Gasteiger partial charge in [-0.15, -0.1) is 0 Å². The topological polar surface area (TPSA) is 12.9 Å². The van der Waals surface area contributed by atoms with Crippen LogP contribution in [0.5, 0.6) is 0 Å². The van der Waals surface area contributed by atoms with Crippen LogP contribution in [0, 0.1) is 11.6 Å². The predicted molar refractivity (Wildman–Crippen MR) is 54.6 cm³/mol. The SMILES string of the molecule is Fc1cnc(-c2cccc(C(F)(F)F)c2)c(F)c1. The van der Waals surface area contributed by atoms with Crippen LogP contribution in [-0.4, -0.2) is 4.98 Å². The number of nitrogens with zero attached hydrogens (tertiary/aromatic N) is 1. The number of hydrogen-bond donors (Lipinski definition) is 0. The molecule has 1 heterocycles. The molecule has 2 aromatic rings. The van der Waals surface area contributed by atoms with Crippen molar-refractivity contribution in [1.29, 1.82) is 0 Å². The second-order valence-electron chi connectivity index (χ2n) is 3.56. The first kappa shape index (κ1) is 12.5. The van der Waals surface area contributed by atoms with Gasteiger partial charge in [-0.25, -0.2) is 8.78 Å². The highest BCUT2D eigenvalue weighted by Crippen LogP contribution is 2.32. The molecule has 6 heteroatoms. The molecule has 0 N–H and O–H groups in total. The Morgan fingerprint density at radius 2 is 1.72 bits per heavy atom. The van der Waals surface area contributed by atoms with Crippen LogP contribution in [0.2, 0.25) is 0 Å². The fourth-order valence-corrected chi connectivity index (χ4v) is 1.47. The minimum absolute atomic E-state index is 0.0534. The molecular weight excluding hydrogens is 253 g/mol. The number of rotatable bonds is 1. The van der Waals surface area contributed by atoms with E-state index in [1.807, 2.05) is 0 Å².